The minimum absolute atomic E-state index is 0.0393. The summed E-state index contributed by atoms with van der Waals surface area (Å²) in [7, 11) is 0. The Balaban J connectivity index is 1.84. The summed E-state index contributed by atoms with van der Waals surface area (Å²) in [6, 6.07) is 13.5. The van der Waals surface area contributed by atoms with Crippen LogP contribution < -0.4 is 10.1 Å². The Labute approximate surface area is 105 Å². The van der Waals surface area contributed by atoms with Crippen molar-refractivity contribution in [2.45, 2.75) is 13.3 Å². The lowest BCUT2D eigenvalue weighted by atomic mass is 10.1. The number of fused-ring (bicyclic) bond motifs is 1. The van der Waals surface area contributed by atoms with E-state index in [1.54, 1.807) is 0 Å². The first kappa shape index (κ1) is 10.8. The molecule has 1 heterocycles. The van der Waals surface area contributed by atoms with Crippen LogP contribution in [0.4, 0.5) is 5.69 Å². The van der Waals surface area contributed by atoms with Crippen molar-refractivity contribution in [1.29, 1.82) is 0 Å². The van der Waals surface area contributed by atoms with Gasteiger partial charge in [0.2, 0.25) is 5.91 Å². The molecule has 0 spiro atoms. The van der Waals surface area contributed by atoms with Gasteiger partial charge in [-0.2, -0.15) is 0 Å². The Hall–Kier alpha value is -2.29. The van der Waals surface area contributed by atoms with Crippen LogP contribution in [0, 0.1) is 6.92 Å². The fourth-order valence-corrected chi connectivity index (χ4v) is 2.01. The molecule has 2 aromatic rings. The Kier molecular flexibility index (Phi) is 2.52. The summed E-state index contributed by atoms with van der Waals surface area (Å²) in [6.07, 6.45) is 0.431. The molecule has 0 atom stereocenters. The van der Waals surface area contributed by atoms with Gasteiger partial charge < -0.3 is 10.1 Å². The third kappa shape index (κ3) is 2.07. The van der Waals surface area contributed by atoms with Crippen molar-refractivity contribution in [3.05, 3.63) is 53.6 Å². The van der Waals surface area contributed by atoms with Gasteiger partial charge >= 0.3 is 0 Å². The molecule has 18 heavy (non-hydrogen) atoms. The molecule has 0 unspecified atom stereocenters. The lowest BCUT2D eigenvalue weighted by Gasteiger charge is -2.07. The Bertz CT molecular complexity index is 602. The van der Waals surface area contributed by atoms with Crippen molar-refractivity contribution in [2.24, 2.45) is 0 Å². The Morgan fingerprint density at radius 3 is 2.56 bits per heavy atom. The van der Waals surface area contributed by atoms with Crippen molar-refractivity contribution in [1.82, 2.24) is 0 Å². The first-order valence-electron chi connectivity index (χ1n) is 5.88. The number of hydrogen-bond acceptors (Lipinski definition) is 2. The number of hydrogen-bond donors (Lipinski definition) is 1. The summed E-state index contributed by atoms with van der Waals surface area (Å²) >= 11 is 0. The number of carbonyl (C=O) groups is 1. The van der Waals surface area contributed by atoms with Crippen molar-refractivity contribution < 1.29 is 9.53 Å². The van der Waals surface area contributed by atoms with E-state index in [2.05, 4.69) is 5.32 Å². The molecule has 1 aliphatic heterocycles. The zero-order valence-electron chi connectivity index (χ0n) is 10.1. The minimum atomic E-state index is 0.0393. The molecule has 90 valence electrons. The molecule has 0 fully saturated rings. The number of amides is 1. The number of carbonyl (C=O) groups excluding carboxylic acids is 1. The van der Waals surface area contributed by atoms with Crippen LogP contribution in [0.3, 0.4) is 0 Å². The SMILES string of the molecule is Cc1ccc(Oc2ccc3c(c2)CC(=O)N3)cc1. The number of aryl methyl sites for hydroxylation is 1. The largest absolute Gasteiger partial charge is 0.457 e. The van der Waals surface area contributed by atoms with E-state index in [1.807, 2.05) is 49.4 Å². The van der Waals surface area contributed by atoms with Crippen LogP contribution in [0.1, 0.15) is 11.1 Å². The second kappa shape index (κ2) is 4.18. The average molecular weight is 239 g/mol. The normalized spacial score (nSPS) is 13.1. The van der Waals surface area contributed by atoms with E-state index >= 15 is 0 Å². The van der Waals surface area contributed by atoms with Crippen molar-refractivity contribution in [2.75, 3.05) is 5.32 Å². The molecule has 0 saturated carbocycles. The molecule has 0 aromatic heterocycles. The monoisotopic (exact) mass is 239 g/mol. The predicted molar refractivity (Wildman–Crippen MR) is 70.0 cm³/mol. The van der Waals surface area contributed by atoms with Crippen LogP contribution in [0.2, 0.25) is 0 Å². The Morgan fingerprint density at radius 1 is 1.06 bits per heavy atom. The quantitative estimate of drug-likeness (QED) is 0.873. The molecular weight excluding hydrogens is 226 g/mol. The molecule has 0 bridgehead atoms. The molecule has 0 radical (unpaired) electrons. The third-order valence-corrected chi connectivity index (χ3v) is 2.96. The van der Waals surface area contributed by atoms with E-state index in [9.17, 15) is 4.79 Å². The van der Waals surface area contributed by atoms with E-state index in [0.717, 1.165) is 22.7 Å². The molecule has 3 nitrogen and oxygen atoms in total. The maximum atomic E-state index is 11.3. The molecular formula is C15H13NO2. The second-order valence-corrected chi connectivity index (χ2v) is 4.46. The molecule has 2 aromatic carbocycles. The minimum Gasteiger partial charge on any atom is -0.457 e. The summed E-state index contributed by atoms with van der Waals surface area (Å²) < 4.78 is 5.75. The first-order chi connectivity index (χ1) is 8.70. The smallest absolute Gasteiger partial charge is 0.228 e. The molecule has 1 aliphatic rings. The third-order valence-electron chi connectivity index (χ3n) is 2.96. The van der Waals surface area contributed by atoms with Crippen molar-refractivity contribution in [3.63, 3.8) is 0 Å². The van der Waals surface area contributed by atoms with Gasteiger partial charge in [0.05, 0.1) is 6.42 Å². The van der Waals surface area contributed by atoms with Gasteiger partial charge in [0.15, 0.2) is 0 Å². The fraction of sp³-hybridized carbons (Fsp3) is 0.133. The van der Waals surface area contributed by atoms with E-state index < -0.39 is 0 Å². The lowest BCUT2D eigenvalue weighted by molar-refractivity contribution is -0.115. The van der Waals surface area contributed by atoms with E-state index in [-0.39, 0.29) is 5.91 Å². The van der Waals surface area contributed by atoms with Crippen LogP contribution in [0.5, 0.6) is 11.5 Å². The second-order valence-electron chi connectivity index (χ2n) is 4.46. The first-order valence-corrected chi connectivity index (χ1v) is 5.88. The van der Waals surface area contributed by atoms with Crippen molar-refractivity contribution in [3.8, 4) is 11.5 Å². The van der Waals surface area contributed by atoms with Crippen LogP contribution in [0.25, 0.3) is 0 Å². The summed E-state index contributed by atoms with van der Waals surface area (Å²) in [5.41, 5.74) is 3.08. The molecule has 1 amide bonds. The maximum absolute atomic E-state index is 11.3. The van der Waals surface area contributed by atoms with E-state index in [0.29, 0.717) is 6.42 Å². The van der Waals surface area contributed by atoms with Gasteiger partial charge in [-0.1, -0.05) is 17.7 Å². The molecule has 1 N–H and O–H groups in total. The standard InChI is InChI=1S/C15H13NO2/c1-10-2-4-12(5-3-10)18-13-6-7-14-11(8-13)9-15(17)16-14/h2-8H,9H2,1H3,(H,16,17). The highest BCUT2D eigenvalue weighted by Gasteiger charge is 2.17. The van der Waals surface area contributed by atoms with Gasteiger partial charge in [-0.15, -0.1) is 0 Å². The van der Waals surface area contributed by atoms with Gasteiger partial charge in [0.25, 0.3) is 0 Å². The number of rotatable bonds is 2. The number of nitrogens with one attached hydrogen (secondary N) is 1. The van der Waals surface area contributed by atoms with Gasteiger partial charge in [0, 0.05) is 5.69 Å². The molecule has 3 heteroatoms. The topological polar surface area (TPSA) is 38.3 Å². The zero-order valence-corrected chi connectivity index (χ0v) is 10.1. The van der Waals surface area contributed by atoms with Crippen molar-refractivity contribution >= 4 is 11.6 Å². The van der Waals surface area contributed by atoms with Gasteiger partial charge in [-0.3, -0.25) is 4.79 Å². The summed E-state index contributed by atoms with van der Waals surface area (Å²) in [5, 5.41) is 2.80. The summed E-state index contributed by atoms with van der Waals surface area (Å²) in [4.78, 5) is 11.3. The number of ether oxygens (including phenoxy) is 1. The maximum Gasteiger partial charge on any atom is 0.228 e. The summed E-state index contributed by atoms with van der Waals surface area (Å²) in [6.45, 7) is 2.04. The highest BCUT2D eigenvalue weighted by Crippen LogP contribution is 2.29. The van der Waals surface area contributed by atoms with Gasteiger partial charge in [-0.25, -0.2) is 0 Å². The average Bonchev–Trinajstić information content (AvgIpc) is 2.71. The predicted octanol–water partition coefficient (Wildman–Crippen LogP) is 3.28. The van der Waals surface area contributed by atoms with Gasteiger partial charge in [0.1, 0.15) is 11.5 Å². The van der Waals surface area contributed by atoms with Gasteiger partial charge in [-0.05, 0) is 42.8 Å². The Morgan fingerprint density at radius 2 is 1.78 bits per heavy atom. The number of anilines is 1. The lowest BCUT2D eigenvalue weighted by Crippen LogP contribution is -2.03. The highest BCUT2D eigenvalue weighted by molar-refractivity contribution is 5.99. The molecule has 3 rings (SSSR count). The number of benzene rings is 2. The summed E-state index contributed by atoms with van der Waals surface area (Å²) in [5.74, 6) is 1.60. The molecule has 0 aliphatic carbocycles. The molecule has 0 saturated heterocycles. The highest BCUT2D eigenvalue weighted by atomic mass is 16.5. The van der Waals surface area contributed by atoms with Crippen LogP contribution in [0.15, 0.2) is 42.5 Å². The fourth-order valence-electron chi connectivity index (χ4n) is 2.01. The van der Waals surface area contributed by atoms with E-state index in [1.165, 1.54) is 5.56 Å². The van der Waals surface area contributed by atoms with Crippen LogP contribution in [-0.4, -0.2) is 5.91 Å². The van der Waals surface area contributed by atoms with Crippen LogP contribution in [-0.2, 0) is 11.2 Å². The zero-order chi connectivity index (χ0) is 12.5. The van der Waals surface area contributed by atoms with Crippen LogP contribution >= 0.6 is 0 Å². The van der Waals surface area contributed by atoms with E-state index in [4.69, 9.17) is 4.74 Å².